The summed E-state index contributed by atoms with van der Waals surface area (Å²) in [6.45, 7) is 1.52. The molecule has 2 aromatic rings. The molecule has 1 N–H and O–H groups in total. The molecule has 0 unspecified atom stereocenters. The number of aromatic hydroxyl groups is 1. The van der Waals surface area contributed by atoms with E-state index in [-0.39, 0.29) is 42.2 Å². The van der Waals surface area contributed by atoms with Gasteiger partial charge in [0.05, 0.1) is 26.4 Å². The van der Waals surface area contributed by atoms with Crippen LogP contribution in [0.3, 0.4) is 0 Å². The number of rotatable bonds is 13. The molecule has 9 nitrogen and oxygen atoms in total. The average molecular weight is 446 g/mol. The molecule has 1 aliphatic heterocycles. The molecule has 2 aromatic carbocycles. The van der Waals surface area contributed by atoms with Gasteiger partial charge in [-0.2, -0.15) is 0 Å². The molecule has 3 rings (SSSR count). The van der Waals surface area contributed by atoms with Crippen molar-refractivity contribution in [2.75, 3.05) is 54.2 Å². The van der Waals surface area contributed by atoms with Crippen molar-refractivity contribution in [1.29, 1.82) is 0 Å². The number of fused-ring (bicyclic) bond motifs is 1. The number of hydrogen-bond donors (Lipinski definition) is 1. The number of methoxy groups -OCH3 is 2. The first-order valence-corrected chi connectivity index (χ1v) is 9.92. The fourth-order valence-corrected chi connectivity index (χ4v) is 2.79. The van der Waals surface area contributed by atoms with Crippen molar-refractivity contribution >= 4 is 11.9 Å². The van der Waals surface area contributed by atoms with Crippen LogP contribution in [0, 0.1) is 0 Å². The molecule has 0 fully saturated rings. The molecule has 0 saturated heterocycles. The second kappa shape index (κ2) is 12.1. The van der Waals surface area contributed by atoms with Gasteiger partial charge >= 0.3 is 0 Å². The van der Waals surface area contributed by atoms with Gasteiger partial charge in [0.15, 0.2) is 19.3 Å². The van der Waals surface area contributed by atoms with Crippen LogP contribution in [0.25, 0.3) is 6.08 Å². The number of hydrogen-bond acceptors (Lipinski definition) is 9. The Morgan fingerprint density at radius 2 is 1.56 bits per heavy atom. The Labute approximate surface area is 186 Å². The Hall–Kier alpha value is -3.11. The largest absolute Gasteiger partial charge is 0.508 e. The van der Waals surface area contributed by atoms with E-state index in [1.54, 1.807) is 44.6 Å². The molecular weight excluding hydrogens is 420 g/mol. The van der Waals surface area contributed by atoms with E-state index < -0.39 is 0 Å². The zero-order valence-corrected chi connectivity index (χ0v) is 18.0. The van der Waals surface area contributed by atoms with E-state index in [0.717, 1.165) is 0 Å². The average Bonchev–Trinajstić information content (AvgIpc) is 3.10. The molecule has 32 heavy (non-hydrogen) atoms. The van der Waals surface area contributed by atoms with Crippen molar-refractivity contribution in [3.05, 3.63) is 53.3 Å². The van der Waals surface area contributed by atoms with Gasteiger partial charge < -0.3 is 38.3 Å². The third-order valence-corrected chi connectivity index (χ3v) is 4.37. The van der Waals surface area contributed by atoms with E-state index in [1.165, 1.54) is 12.1 Å². The lowest BCUT2D eigenvalue weighted by molar-refractivity contribution is -0.0118. The molecule has 0 atom stereocenters. The van der Waals surface area contributed by atoms with Crippen molar-refractivity contribution in [3.8, 4) is 23.0 Å². The van der Waals surface area contributed by atoms with E-state index in [0.29, 0.717) is 43.5 Å². The van der Waals surface area contributed by atoms with E-state index >= 15 is 0 Å². The van der Waals surface area contributed by atoms with E-state index in [1.807, 2.05) is 0 Å². The van der Waals surface area contributed by atoms with Gasteiger partial charge in [0.25, 0.3) is 0 Å². The lowest BCUT2D eigenvalue weighted by Crippen LogP contribution is -2.10. The summed E-state index contributed by atoms with van der Waals surface area (Å²) in [6, 6.07) is 9.59. The Morgan fingerprint density at radius 3 is 2.22 bits per heavy atom. The van der Waals surface area contributed by atoms with Gasteiger partial charge in [-0.05, 0) is 23.8 Å². The second-order valence-electron chi connectivity index (χ2n) is 6.65. The van der Waals surface area contributed by atoms with Crippen LogP contribution in [0.5, 0.6) is 23.0 Å². The summed E-state index contributed by atoms with van der Waals surface area (Å²) in [7, 11) is 3.16. The van der Waals surface area contributed by atoms with Crippen LogP contribution in [-0.2, 0) is 18.9 Å². The molecule has 172 valence electrons. The van der Waals surface area contributed by atoms with Gasteiger partial charge in [-0.15, -0.1) is 0 Å². The van der Waals surface area contributed by atoms with Gasteiger partial charge in [0.1, 0.15) is 28.6 Å². The van der Waals surface area contributed by atoms with Crippen molar-refractivity contribution in [2.45, 2.75) is 0 Å². The molecule has 1 aliphatic rings. The Kier molecular flexibility index (Phi) is 8.88. The maximum atomic E-state index is 13.0. The minimum atomic E-state index is -0.331. The van der Waals surface area contributed by atoms with Crippen LogP contribution in [0.4, 0.5) is 0 Å². The van der Waals surface area contributed by atoms with Crippen LogP contribution in [0.2, 0.25) is 0 Å². The molecule has 0 bridgehead atoms. The molecular formula is C23H26O9. The SMILES string of the molecule is COCCOCOc1cc(OCOCCOC)c2c(c1)O/C(=C\c1ccc(O)cc1)C2=O. The Balaban J connectivity index is 1.78. The first-order chi connectivity index (χ1) is 15.6. The number of carbonyl (C=O) groups excluding carboxylic acids is 1. The smallest absolute Gasteiger partial charge is 0.235 e. The fourth-order valence-electron chi connectivity index (χ4n) is 2.79. The number of ether oxygens (including phenoxy) is 7. The molecule has 0 amide bonds. The molecule has 0 aromatic heterocycles. The van der Waals surface area contributed by atoms with Gasteiger partial charge in [0.2, 0.25) is 5.78 Å². The zero-order valence-electron chi connectivity index (χ0n) is 18.0. The predicted molar refractivity (Wildman–Crippen MR) is 114 cm³/mol. The summed E-state index contributed by atoms with van der Waals surface area (Å²) >= 11 is 0. The molecule has 0 aliphatic carbocycles. The summed E-state index contributed by atoms with van der Waals surface area (Å²) in [4.78, 5) is 13.0. The summed E-state index contributed by atoms with van der Waals surface area (Å²) < 4.78 is 37.6. The predicted octanol–water partition coefficient (Wildman–Crippen LogP) is 3.01. The van der Waals surface area contributed by atoms with Crippen LogP contribution in [-0.4, -0.2) is 65.1 Å². The van der Waals surface area contributed by atoms with Crippen LogP contribution < -0.4 is 14.2 Å². The quantitative estimate of drug-likeness (QED) is 0.283. The van der Waals surface area contributed by atoms with Crippen LogP contribution >= 0.6 is 0 Å². The molecule has 1 heterocycles. The number of Topliss-reactive ketones (excluding diaryl/α,β-unsaturated/α-hetero) is 1. The van der Waals surface area contributed by atoms with E-state index in [9.17, 15) is 9.90 Å². The van der Waals surface area contributed by atoms with Gasteiger partial charge in [0, 0.05) is 26.4 Å². The van der Waals surface area contributed by atoms with E-state index in [4.69, 9.17) is 33.2 Å². The Bertz CT molecular complexity index is 922. The molecule has 0 radical (unpaired) electrons. The highest BCUT2D eigenvalue weighted by Crippen LogP contribution is 2.41. The van der Waals surface area contributed by atoms with Crippen molar-refractivity contribution in [2.24, 2.45) is 0 Å². The minimum absolute atomic E-state index is 0.00389. The topological polar surface area (TPSA) is 102 Å². The maximum Gasteiger partial charge on any atom is 0.235 e. The lowest BCUT2D eigenvalue weighted by atomic mass is 10.1. The number of carbonyl (C=O) groups is 1. The maximum absolute atomic E-state index is 13.0. The Morgan fingerprint density at radius 1 is 0.906 bits per heavy atom. The summed E-state index contributed by atoms with van der Waals surface area (Å²) in [5.74, 6) is 0.916. The van der Waals surface area contributed by atoms with Crippen LogP contribution in [0.1, 0.15) is 15.9 Å². The number of ketones is 1. The second-order valence-corrected chi connectivity index (χ2v) is 6.65. The summed E-state index contributed by atoms with van der Waals surface area (Å²) in [5.41, 5.74) is 0.977. The lowest BCUT2D eigenvalue weighted by Gasteiger charge is -2.12. The highest BCUT2D eigenvalue weighted by atomic mass is 16.7. The third-order valence-electron chi connectivity index (χ3n) is 4.37. The standard InChI is InChI=1S/C23H26O9/c1-26-7-9-28-14-30-18-12-19(31-15-29-10-8-27-2)22-20(13-18)32-21(23(22)25)11-16-3-5-17(24)6-4-16/h3-6,11-13,24H,7-10,14-15H2,1-2H3/b21-11-. The van der Waals surface area contributed by atoms with Gasteiger partial charge in [-0.1, -0.05) is 12.1 Å². The number of benzene rings is 2. The molecule has 0 spiro atoms. The van der Waals surface area contributed by atoms with Crippen molar-refractivity contribution in [3.63, 3.8) is 0 Å². The van der Waals surface area contributed by atoms with Gasteiger partial charge in [-0.25, -0.2) is 0 Å². The van der Waals surface area contributed by atoms with Crippen molar-refractivity contribution in [1.82, 2.24) is 0 Å². The summed E-state index contributed by atoms with van der Waals surface area (Å²) in [5, 5.41) is 9.45. The van der Waals surface area contributed by atoms with Crippen molar-refractivity contribution < 1.29 is 43.1 Å². The molecule has 0 saturated carbocycles. The summed E-state index contributed by atoms with van der Waals surface area (Å²) in [6.07, 6.45) is 1.59. The number of phenols is 1. The third kappa shape index (κ3) is 6.44. The van der Waals surface area contributed by atoms with Crippen LogP contribution in [0.15, 0.2) is 42.2 Å². The number of allylic oxidation sites excluding steroid dienone is 1. The highest BCUT2D eigenvalue weighted by molar-refractivity contribution is 6.16. The fraction of sp³-hybridized carbons (Fsp3) is 0.348. The normalized spacial score (nSPS) is 13.8. The first kappa shape index (κ1) is 23.6. The number of phenolic OH excluding ortho intramolecular Hbond substituents is 1. The van der Waals surface area contributed by atoms with Gasteiger partial charge in [-0.3, -0.25) is 4.79 Å². The first-order valence-electron chi connectivity index (χ1n) is 9.92. The minimum Gasteiger partial charge on any atom is -0.508 e. The highest BCUT2D eigenvalue weighted by Gasteiger charge is 2.32. The zero-order chi connectivity index (χ0) is 22.8. The van der Waals surface area contributed by atoms with E-state index in [2.05, 4.69) is 0 Å². The molecule has 9 heteroatoms. The monoisotopic (exact) mass is 446 g/mol.